The van der Waals surface area contributed by atoms with Crippen LogP contribution >= 0.6 is 0 Å². The lowest BCUT2D eigenvalue weighted by atomic mass is 10.2. The number of rotatable bonds is 7. The molecule has 0 saturated heterocycles. The minimum atomic E-state index is -0.781. The van der Waals surface area contributed by atoms with Gasteiger partial charge in [-0.2, -0.15) is 0 Å². The van der Waals surface area contributed by atoms with Crippen molar-refractivity contribution in [1.29, 1.82) is 0 Å². The van der Waals surface area contributed by atoms with Crippen molar-refractivity contribution in [1.82, 2.24) is 0 Å². The average molecular weight is 189 g/mol. The van der Waals surface area contributed by atoms with Gasteiger partial charge in [0.25, 0.3) is 0 Å². The second kappa shape index (κ2) is 5.94. The fraction of sp³-hybridized carbons (Fsp3) is 0.889. The number of unbranched alkanes of at least 4 members (excludes halogenated alkanes) is 1. The largest absolute Gasteiger partial charge is 0.633 e. The van der Waals surface area contributed by atoms with Crippen LogP contribution in [0.15, 0.2) is 0 Å². The molecule has 4 nitrogen and oxygen atoms in total. The molecular formula is C9H19NO3. The summed E-state index contributed by atoms with van der Waals surface area (Å²) in [4.78, 5) is 10.2. The van der Waals surface area contributed by atoms with Gasteiger partial charge in [-0.05, 0) is 26.7 Å². The molecule has 0 aliphatic carbocycles. The second-order valence-electron chi connectivity index (χ2n) is 3.27. The standard InChI is InChI=1S/C9H19NO3/c1-3-10(13,4-2)8-6-5-7-9(11)12/h3-8H2,1-2H3,(H,11,12). The molecule has 0 amide bonds. The summed E-state index contributed by atoms with van der Waals surface area (Å²) < 4.78 is -0.195. The molecule has 0 saturated carbocycles. The van der Waals surface area contributed by atoms with E-state index in [1.54, 1.807) is 0 Å². The zero-order chi connectivity index (χ0) is 10.3. The molecule has 0 aromatic carbocycles. The van der Waals surface area contributed by atoms with E-state index in [9.17, 15) is 10.0 Å². The molecule has 0 unspecified atom stereocenters. The van der Waals surface area contributed by atoms with Gasteiger partial charge in [-0.25, -0.2) is 0 Å². The van der Waals surface area contributed by atoms with E-state index in [1.807, 2.05) is 13.8 Å². The van der Waals surface area contributed by atoms with Gasteiger partial charge in [0, 0.05) is 6.42 Å². The predicted molar refractivity (Wildman–Crippen MR) is 51.1 cm³/mol. The van der Waals surface area contributed by atoms with Crippen LogP contribution in [0, 0.1) is 5.21 Å². The van der Waals surface area contributed by atoms with Gasteiger partial charge >= 0.3 is 5.97 Å². The molecule has 0 fully saturated rings. The average Bonchev–Trinajstić information content (AvgIpc) is 2.12. The first kappa shape index (κ1) is 12.4. The maximum Gasteiger partial charge on any atom is 0.303 e. The highest BCUT2D eigenvalue weighted by Gasteiger charge is 2.10. The second-order valence-corrected chi connectivity index (χ2v) is 3.27. The molecule has 0 aromatic rings. The number of aliphatic carboxylic acids is 1. The van der Waals surface area contributed by atoms with E-state index < -0.39 is 5.97 Å². The summed E-state index contributed by atoms with van der Waals surface area (Å²) >= 11 is 0. The lowest BCUT2D eigenvalue weighted by molar-refractivity contribution is -0.877. The number of hydroxylamine groups is 3. The monoisotopic (exact) mass is 189 g/mol. The normalized spacial score (nSPS) is 11.6. The Balaban J connectivity index is 3.55. The van der Waals surface area contributed by atoms with Crippen molar-refractivity contribution in [3.63, 3.8) is 0 Å². The van der Waals surface area contributed by atoms with Gasteiger partial charge in [0.2, 0.25) is 0 Å². The zero-order valence-electron chi connectivity index (χ0n) is 8.45. The minimum Gasteiger partial charge on any atom is -0.633 e. The Kier molecular flexibility index (Phi) is 5.66. The third kappa shape index (κ3) is 5.60. The molecule has 13 heavy (non-hydrogen) atoms. The van der Waals surface area contributed by atoms with Crippen LogP contribution in [-0.4, -0.2) is 35.4 Å². The van der Waals surface area contributed by atoms with Crippen LogP contribution < -0.4 is 0 Å². The maximum absolute atomic E-state index is 11.7. The van der Waals surface area contributed by atoms with E-state index in [-0.39, 0.29) is 11.1 Å². The Morgan fingerprint density at radius 2 is 1.85 bits per heavy atom. The SMILES string of the molecule is CC[N+]([O-])(CC)CCCCC(=O)O. The van der Waals surface area contributed by atoms with Gasteiger partial charge in [0.1, 0.15) is 0 Å². The molecule has 4 heteroatoms. The molecule has 0 radical (unpaired) electrons. The maximum atomic E-state index is 11.7. The van der Waals surface area contributed by atoms with Crippen molar-refractivity contribution >= 4 is 5.97 Å². The van der Waals surface area contributed by atoms with Crippen molar-refractivity contribution in [2.75, 3.05) is 19.6 Å². The number of carboxylic acid groups (broad SMARTS) is 1. The van der Waals surface area contributed by atoms with Gasteiger partial charge in [0.15, 0.2) is 0 Å². The van der Waals surface area contributed by atoms with Crippen LogP contribution in [0.4, 0.5) is 0 Å². The smallest absolute Gasteiger partial charge is 0.303 e. The predicted octanol–water partition coefficient (Wildman–Crippen LogP) is 1.60. The highest BCUT2D eigenvalue weighted by atomic mass is 16.5. The molecule has 0 aliphatic rings. The molecule has 78 valence electrons. The van der Waals surface area contributed by atoms with Gasteiger partial charge < -0.3 is 15.0 Å². The highest BCUT2D eigenvalue weighted by Crippen LogP contribution is 2.07. The lowest BCUT2D eigenvalue weighted by Gasteiger charge is -2.41. The quantitative estimate of drug-likeness (QED) is 0.376. The van der Waals surface area contributed by atoms with Crippen LogP contribution in [0.25, 0.3) is 0 Å². The van der Waals surface area contributed by atoms with Crippen LogP contribution in [0.5, 0.6) is 0 Å². The summed E-state index contributed by atoms with van der Waals surface area (Å²) in [5, 5.41) is 20.0. The topological polar surface area (TPSA) is 60.4 Å². The Labute approximate surface area is 79.3 Å². The summed E-state index contributed by atoms with van der Waals surface area (Å²) in [5.74, 6) is -0.781. The van der Waals surface area contributed by atoms with E-state index in [1.165, 1.54) is 0 Å². The summed E-state index contributed by atoms with van der Waals surface area (Å²) in [6, 6.07) is 0. The number of nitrogens with zero attached hydrogens (tertiary/aromatic N) is 1. The third-order valence-corrected chi connectivity index (χ3v) is 2.36. The van der Waals surface area contributed by atoms with Crippen LogP contribution in [-0.2, 0) is 4.79 Å². The van der Waals surface area contributed by atoms with Gasteiger partial charge in [-0.1, -0.05) is 0 Å². The molecule has 0 spiro atoms. The summed E-state index contributed by atoms with van der Waals surface area (Å²) in [6.07, 6.45) is 1.49. The van der Waals surface area contributed by atoms with Crippen molar-refractivity contribution in [2.45, 2.75) is 33.1 Å². The van der Waals surface area contributed by atoms with Crippen molar-refractivity contribution < 1.29 is 14.5 Å². The van der Waals surface area contributed by atoms with Gasteiger partial charge in [-0.3, -0.25) is 4.79 Å². The van der Waals surface area contributed by atoms with Crippen molar-refractivity contribution in [3.8, 4) is 0 Å². The lowest BCUT2D eigenvalue weighted by Crippen LogP contribution is -2.42. The molecule has 0 bridgehead atoms. The molecule has 0 rings (SSSR count). The number of hydrogen-bond donors (Lipinski definition) is 1. The zero-order valence-corrected chi connectivity index (χ0v) is 8.45. The van der Waals surface area contributed by atoms with E-state index >= 15 is 0 Å². The Morgan fingerprint density at radius 3 is 2.23 bits per heavy atom. The fourth-order valence-electron chi connectivity index (χ4n) is 1.22. The van der Waals surface area contributed by atoms with Gasteiger partial charge in [0.05, 0.1) is 19.6 Å². The third-order valence-electron chi connectivity index (χ3n) is 2.36. The minimum absolute atomic E-state index is 0.174. The van der Waals surface area contributed by atoms with Crippen LogP contribution in [0.2, 0.25) is 0 Å². The van der Waals surface area contributed by atoms with Crippen LogP contribution in [0.3, 0.4) is 0 Å². The Bertz CT molecular complexity index is 155. The molecule has 0 atom stereocenters. The summed E-state index contributed by atoms with van der Waals surface area (Å²) in [5.41, 5.74) is 0. The number of carboxylic acids is 1. The Morgan fingerprint density at radius 1 is 1.31 bits per heavy atom. The van der Waals surface area contributed by atoms with E-state index in [0.29, 0.717) is 32.5 Å². The molecule has 1 N–H and O–H groups in total. The first-order valence-electron chi connectivity index (χ1n) is 4.83. The molecule has 0 aliphatic heterocycles. The van der Waals surface area contributed by atoms with Crippen molar-refractivity contribution in [3.05, 3.63) is 5.21 Å². The molecule has 0 aromatic heterocycles. The Hall–Kier alpha value is -0.610. The van der Waals surface area contributed by atoms with Gasteiger partial charge in [-0.15, -0.1) is 0 Å². The number of quaternary nitrogens is 1. The first-order chi connectivity index (χ1) is 6.04. The number of hydrogen-bond acceptors (Lipinski definition) is 2. The first-order valence-corrected chi connectivity index (χ1v) is 4.83. The fourth-order valence-corrected chi connectivity index (χ4v) is 1.22. The highest BCUT2D eigenvalue weighted by molar-refractivity contribution is 5.66. The molecular weight excluding hydrogens is 170 g/mol. The van der Waals surface area contributed by atoms with Crippen molar-refractivity contribution in [2.24, 2.45) is 0 Å². The summed E-state index contributed by atoms with van der Waals surface area (Å²) in [6.45, 7) is 5.43. The van der Waals surface area contributed by atoms with E-state index in [0.717, 1.165) is 0 Å². The summed E-state index contributed by atoms with van der Waals surface area (Å²) in [7, 11) is 0. The van der Waals surface area contributed by atoms with Crippen LogP contribution in [0.1, 0.15) is 33.1 Å². The number of carbonyl (C=O) groups is 1. The van der Waals surface area contributed by atoms with E-state index in [4.69, 9.17) is 5.11 Å². The molecule has 0 heterocycles. The van der Waals surface area contributed by atoms with E-state index in [2.05, 4.69) is 0 Å².